The first-order valence-corrected chi connectivity index (χ1v) is 7.55. The number of hydrogen-bond donors (Lipinski definition) is 2. The molecule has 2 amide bonds. The lowest BCUT2D eigenvalue weighted by molar-refractivity contribution is 0.102. The standard InChI is InChI=1S/C20H16N2O2/c23-19(15-7-3-1-4-8-15)22-18-13-11-16(12-14-18)20(24)21-17-9-5-2-6-10-17/h1-14H,(H,21,24)(H,22,23). The maximum absolute atomic E-state index is 12.2. The molecule has 0 aliphatic carbocycles. The van der Waals surface area contributed by atoms with E-state index in [0.29, 0.717) is 16.8 Å². The Kier molecular flexibility index (Phi) is 4.68. The van der Waals surface area contributed by atoms with E-state index in [-0.39, 0.29) is 11.8 Å². The number of nitrogens with one attached hydrogen (secondary N) is 2. The van der Waals surface area contributed by atoms with Crippen molar-refractivity contribution in [1.82, 2.24) is 0 Å². The van der Waals surface area contributed by atoms with Crippen LogP contribution in [0, 0.1) is 0 Å². The van der Waals surface area contributed by atoms with E-state index in [1.54, 1.807) is 36.4 Å². The van der Waals surface area contributed by atoms with Gasteiger partial charge in [0.25, 0.3) is 11.8 Å². The second-order valence-electron chi connectivity index (χ2n) is 5.22. The van der Waals surface area contributed by atoms with E-state index in [2.05, 4.69) is 10.6 Å². The lowest BCUT2D eigenvalue weighted by Crippen LogP contribution is -2.13. The zero-order valence-corrected chi connectivity index (χ0v) is 12.9. The first kappa shape index (κ1) is 15.5. The van der Waals surface area contributed by atoms with E-state index in [9.17, 15) is 9.59 Å². The second kappa shape index (κ2) is 7.24. The van der Waals surface area contributed by atoms with Crippen molar-refractivity contribution in [3.63, 3.8) is 0 Å². The Bertz CT molecular complexity index is 829. The fourth-order valence-electron chi connectivity index (χ4n) is 2.22. The first-order chi connectivity index (χ1) is 11.7. The Morgan fingerprint density at radius 1 is 0.500 bits per heavy atom. The van der Waals surface area contributed by atoms with Gasteiger partial charge in [-0.1, -0.05) is 36.4 Å². The molecule has 3 aromatic carbocycles. The molecule has 0 unspecified atom stereocenters. The molecule has 3 rings (SSSR count). The Balaban J connectivity index is 1.65. The van der Waals surface area contributed by atoms with Crippen molar-refractivity contribution >= 4 is 23.2 Å². The van der Waals surface area contributed by atoms with Crippen LogP contribution in [0.2, 0.25) is 0 Å². The molecular weight excluding hydrogens is 300 g/mol. The van der Waals surface area contributed by atoms with Gasteiger partial charge in [-0.2, -0.15) is 0 Å². The van der Waals surface area contributed by atoms with Crippen LogP contribution in [0.25, 0.3) is 0 Å². The lowest BCUT2D eigenvalue weighted by atomic mass is 10.1. The van der Waals surface area contributed by atoms with Crippen molar-refractivity contribution < 1.29 is 9.59 Å². The highest BCUT2D eigenvalue weighted by Crippen LogP contribution is 2.13. The molecule has 24 heavy (non-hydrogen) atoms. The number of rotatable bonds is 4. The van der Waals surface area contributed by atoms with E-state index >= 15 is 0 Å². The molecule has 0 fully saturated rings. The average molecular weight is 316 g/mol. The van der Waals surface area contributed by atoms with Gasteiger partial charge in [0, 0.05) is 22.5 Å². The summed E-state index contributed by atoms with van der Waals surface area (Å²) in [6, 6.07) is 25.0. The molecule has 0 bridgehead atoms. The minimum atomic E-state index is -0.192. The number of benzene rings is 3. The molecule has 4 heteroatoms. The molecule has 0 radical (unpaired) electrons. The van der Waals surface area contributed by atoms with Gasteiger partial charge in [-0.15, -0.1) is 0 Å². The molecular formula is C20H16N2O2. The summed E-state index contributed by atoms with van der Waals surface area (Å²) in [7, 11) is 0. The third-order valence-electron chi connectivity index (χ3n) is 3.47. The van der Waals surface area contributed by atoms with Crippen LogP contribution in [0.5, 0.6) is 0 Å². The third-order valence-corrected chi connectivity index (χ3v) is 3.47. The van der Waals surface area contributed by atoms with Gasteiger partial charge in [0.15, 0.2) is 0 Å². The minimum absolute atomic E-state index is 0.183. The summed E-state index contributed by atoms with van der Waals surface area (Å²) in [6.07, 6.45) is 0. The number of para-hydroxylation sites is 1. The Hall–Kier alpha value is -3.40. The van der Waals surface area contributed by atoms with Gasteiger partial charge >= 0.3 is 0 Å². The van der Waals surface area contributed by atoms with Gasteiger partial charge in [-0.3, -0.25) is 9.59 Å². The zero-order chi connectivity index (χ0) is 16.8. The predicted octanol–water partition coefficient (Wildman–Crippen LogP) is 4.19. The smallest absolute Gasteiger partial charge is 0.255 e. The predicted molar refractivity (Wildman–Crippen MR) is 95.2 cm³/mol. The maximum atomic E-state index is 12.2. The molecule has 0 aliphatic heterocycles. The third kappa shape index (κ3) is 3.87. The quantitative estimate of drug-likeness (QED) is 0.758. The van der Waals surface area contributed by atoms with Gasteiger partial charge in [0.05, 0.1) is 0 Å². The lowest BCUT2D eigenvalue weighted by Gasteiger charge is -2.07. The first-order valence-electron chi connectivity index (χ1n) is 7.55. The molecule has 3 aromatic rings. The summed E-state index contributed by atoms with van der Waals surface area (Å²) < 4.78 is 0. The molecule has 4 nitrogen and oxygen atoms in total. The van der Waals surface area contributed by atoms with Crippen LogP contribution in [0.15, 0.2) is 84.9 Å². The maximum Gasteiger partial charge on any atom is 0.255 e. The topological polar surface area (TPSA) is 58.2 Å². The molecule has 0 saturated carbocycles. The highest BCUT2D eigenvalue weighted by Gasteiger charge is 2.08. The summed E-state index contributed by atoms with van der Waals surface area (Å²) >= 11 is 0. The van der Waals surface area contributed by atoms with Gasteiger partial charge < -0.3 is 10.6 Å². The van der Waals surface area contributed by atoms with E-state index in [4.69, 9.17) is 0 Å². The van der Waals surface area contributed by atoms with Crippen molar-refractivity contribution in [2.75, 3.05) is 10.6 Å². The van der Waals surface area contributed by atoms with Crippen molar-refractivity contribution in [2.45, 2.75) is 0 Å². The monoisotopic (exact) mass is 316 g/mol. The summed E-state index contributed by atoms with van der Waals surface area (Å²) in [5, 5.41) is 5.62. The van der Waals surface area contributed by atoms with Gasteiger partial charge in [0.2, 0.25) is 0 Å². The van der Waals surface area contributed by atoms with Crippen LogP contribution in [-0.2, 0) is 0 Å². The van der Waals surface area contributed by atoms with Crippen LogP contribution in [-0.4, -0.2) is 11.8 Å². The van der Waals surface area contributed by atoms with E-state index in [0.717, 1.165) is 5.69 Å². The number of amides is 2. The Morgan fingerprint density at radius 3 is 1.46 bits per heavy atom. The van der Waals surface area contributed by atoms with E-state index < -0.39 is 0 Å². The Labute approximate surface area is 140 Å². The number of anilines is 2. The van der Waals surface area contributed by atoms with Gasteiger partial charge in [-0.05, 0) is 48.5 Å². The number of carbonyl (C=O) groups is 2. The fraction of sp³-hybridized carbons (Fsp3) is 0. The summed E-state index contributed by atoms with van der Waals surface area (Å²) in [4.78, 5) is 24.3. The van der Waals surface area contributed by atoms with Crippen LogP contribution >= 0.6 is 0 Å². The van der Waals surface area contributed by atoms with Crippen LogP contribution in [0.4, 0.5) is 11.4 Å². The highest BCUT2D eigenvalue weighted by atomic mass is 16.2. The molecule has 0 saturated heterocycles. The average Bonchev–Trinajstić information content (AvgIpc) is 2.64. The number of hydrogen-bond acceptors (Lipinski definition) is 2. The molecule has 0 aromatic heterocycles. The fourth-order valence-corrected chi connectivity index (χ4v) is 2.22. The number of carbonyl (C=O) groups excluding carboxylic acids is 2. The molecule has 118 valence electrons. The van der Waals surface area contributed by atoms with Crippen LogP contribution in [0.1, 0.15) is 20.7 Å². The molecule has 0 atom stereocenters. The van der Waals surface area contributed by atoms with Crippen molar-refractivity contribution in [1.29, 1.82) is 0 Å². The normalized spacial score (nSPS) is 10.0. The van der Waals surface area contributed by atoms with Crippen LogP contribution < -0.4 is 10.6 Å². The largest absolute Gasteiger partial charge is 0.322 e. The van der Waals surface area contributed by atoms with Crippen molar-refractivity contribution in [2.24, 2.45) is 0 Å². The summed E-state index contributed by atoms with van der Waals surface area (Å²) in [5.74, 6) is -0.376. The zero-order valence-electron chi connectivity index (χ0n) is 12.9. The SMILES string of the molecule is O=C(Nc1ccc(C(=O)Nc2ccccc2)cc1)c1ccccc1. The molecule has 0 aliphatic rings. The van der Waals surface area contributed by atoms with Crippen LogP contribution in [0.3, 0.4) is 0 Å². The molecule has 0 spiro atoms. The Morgan fingerprint density at radius 2 is 0.917 bits per heavy atom. The minimum Gasteiger partial charge on any atom is -0.322 e. The van der Waals surface area contributed by atoms with E-state index in [1.807, 2.05) is 48.5 Å². The van der Waals surface area contributed by atoms with Crippen molar-refractivity contribution in [3.8, 4) is 0 Å². The van der Waals surface area contributed by atoms with Gasteiger partial charge in [-0.25, -0.2) is 0 Å². The summed E-state index contributed by atoms with van der Waals surface area (Å²) in [5.41, 5.74) is 2.49. The van der Waals surface area contributed by atoms with E-state index in [1.165, 1.54) is 0 Å². The van der Waals surface area contributed by atoms with Crippen molar-refractivity contribution in [3.05, 3.63) is 96.1 Å². The van der Waals surface area contributed by atoms with Gasteiger partial charge in [0.1, 0.15) is 0 Å². The molecule has 2 N–H and O–H groups in total. The second-order valence-corrected chi connectivity index (χ2v) is 5.22. The highest BCUT2D eigenvalue weighted by molar-refractivity contribution is 6.06. The summed E-state index contributed by atoms with van der Waals surface area (Å²) in [6.45, 7) is 0. The molecule has 0 heterocycles.